The molecule has 3 aromatic rings. The first-order valence-corrected chi connectivity index (χ1v) is 11.7. The highest BCUT2D eigenvalue weighted by Crippen LogP contribution is 2.25. The number of carbonyl (C=O) groups excluding carboxylic acids is 1. The Morgan fingerprint density at radius 3 is 2.43 bits per heavy atom. The summed E-state index contributed by atoms with van der Waals surface area (Å²) in [6.07, 6.45) is 1.87. The van der Waals surface area contributed by atoms with Crippen LogP contribution in [0, 0.1) is 13.8 Å². The minimum absolute atomic E-state index is 0.0443. The number of aromatic nitrogens is 2. The summed E-state index contributed by atoms with van der Waals surface area (Å²) in [7, 11) is -3.84. The molecular formula is C18H18N4O3S3. The summed E-state index contributed by atoms with van der Waals surface area (Å²) in [5, 5.41) is 10.8. The molecule has 1 heterocycles. The Morgan fingerprint density at radius 1 is 1.07 bits per heavy atom. The summed E-state index contributed by atoms with van der Waals surface area (Å²) in [4.78, 5) is 12.5. The van der Waals surface area contributed by atoms with Gasteiger partial charge in [0.15, 0.2) is 4.34 Å². The number of anilines is 2. The Balaban J connectivity index is 1.85. The first kappa shape index (κ1) is 20.3. The zero-order valence-electron chi connectivity index (χ0n) is 15.4. The Morgan fingerprint density at radius 2 is 1.79 bits per heavy atom. The zero-order chi connectivity index (χ0) is 20.3. The lowest BCUT2D eigenvalue weighted by atomic mass is 10.1. The van der Waals surface area contributed by atoms with Crippen LogP contribution in [-0.4, -0.2) is 30.8 Å². The fourth-order valence-electron chi connectivity index (χ4n) is 2.37. The molecule has 3 rings (SSSR count). The van der Waals surface area contributed by atoms with Crippen LogP contribution in [0.25, 0.3) is 0 Å². The van der Waals surface area contributed by atoms with Gasteiger partial charge in [0, 0.05) is 11.3 Å². The van der Waals surface area contributed by atoms with Crippen molar-refractivity contribution in [1.29, 1.82) is 0 Å². The Labute approximate surface area is 171 Å². The van der Waals surface area contributed by atoms with Crippen molar-refractivity contribution in [1.82, 2.24) is 10.2 Å². The summed E-state index contributed by atoms with van der Waals surface area (Å²) < 4.78 is 28.9. The molecule has 0 aliphatic heterocycles. The molecule has 1 amide bonds. The van der Waals surface area contributed by atoms with Gasteiger partial charge in [-0.2, -0.15) is 0 Å². The van der Waals surface area contributed by atoms with E-state index in [1.54, 1.807) is 31.2 Å². The summed E-state index contributed by atoms with van der Waals surface area (Å²) in [5.41, 5.74) is 2.24. The van der Waals surface area contributed by atoms with Crippen molar-refractivity contribution in [2.75, 3.05) is 16.3 Å². The Bertz CT molecular complexity index is 1110. The van der Waals surface area contributed by atoms with Gasteiger partial charge in [0.1, 0.15) is 0 Å². The molecule has 7 nitrogen and oxygen atoms in total. The minimum atomic E-state index is -3.84. The van der Waals surface area contributed by atoms with Gasteiger partial charge in [-0.05, 0) is 49.9 Å². The third kappa shape index (κ3) is 4.70. The van der Waals surface area contributed by atoms with Crippen LogP contribution >= 0.6 is 23.1 Å². The smallest absolute Gasteiger partial charge is 0.262 e. The van der Waals surface area contributed by atoms with E-state index in [0.29, 0.717) is 16.4 Å². The second-order valence-electron chi connectivity index (χ2n) is 5.98. The molecule has 2 N–H and O–H groups in total. The van der Waals surface area contributed by atoms with Crippen molar-refractivity contribution < 1.29 is 13.2 Å². The van der Waals surface area contributed by atoms with E-state index in [2.05, 4.69) is 20.2 Å². The van der Waals surface area contributed by atoms with E-state index in [9.17, 15) is 13.2 Å². The third-order valence-corrected chi connectivity index (χ3v) is 7.18. The van der Waals surface area contributed by atoms with Crippen molar-refractivity contribution in [3.63, 3.8) is 0 Å². The fraction of sp³-hybridized carbons (Fsp3) is 0.167. The molecule has 0 aliphatic rings. The number of amides is 1. The van der Waals surface area contributed by atoms with Crippen LogP contribution in [0.1, 0.15) is 21.5 Å². The van der Waals surface area contributed by atoms with Gasteiger partial charge in [0.2, 0.25) is 5.13 Å². The van der Waals surface area contributed by atoms with Crippen molar-refractivity contribution in [2.45, 2.75) is 23.1 Å². The standard InChI is InChI=1S/C18H18N4O3S3/c1-11-4-8-14(9-5-11)22-28(24,25)15-10-13(7-6-12(15)2)16(23)19-17-20-21-18(26-3)27-17/h4-10,22H,1-3H3,(H,19,20,23). The molecule has 0 saturated carbocycles. The SMILES string of the molecule is CSc1nnc(NC(=O)c2ccc(C)c(S(=O)(=O)Nc3ccc(C)cc3)c2)s1. The maximum Gasteiger partial charge on any atom is 0.262 e. The predicted molar refractivity (Wildman–Crippen MR) is 113 cm³/mol. The van der Waals surface area contributed by atoms with Crippen LogP contribution in [0.2, 0.25) is 0 Å². The number of thioether (sulfide) groups is 1. The van der Waals surface area contributed by atoms with Crippen LogP contribution in [0.4, 0.5) is 10.8 Å². The fourth-order valence-corrected chi connectivity index (χ4v) is 4.87. The number of benzene rings is 2. The molecule has 0 spiro atoms. The van der Waals surface area contributed by atoms with Gasteiger partial charge in [0.25, 0.3) is 15.9 Å². The molecule has 146 valence electrons. The number of hydrogen-bond donors (Lipinski definition) is 2. The molecule has 0 atom stereocenters. The molecule has 0 saturated heterocycles. The second kappa shape index (κ2) is 8.29. The summed E-state index contributed by atoms with van der Waals surface area (Å²) >= 11 is 2.68. The van der Waals surface area contributed by atoms with Gasteiger partial charge in [-0.3, -0.25) is 14.8 Å². The van der Waals surface area contributed by atoms with Crippen LogP contribution in [0.3, 0.4) is 0 Å². The highest BCUT2D eigenvalue weighted by Gasteiger charge is 2.20. The summed E-state index contributed by atoms with van der Waals surface area (Å²) in [6.45, 7) is 3.60. The maximum absolute atomic E-state index is 12.8. The van der Waals surface area contributed by atoms with Crippen LogP contribution in [0.15, 0.2) is 51.7 Å². The second-order valence-corrected chi connectivity index (χ2v) is 9.66. The number of carbonyl (C=O) groups is 1. The lowest BCUT2D eigenvalue weighted by molar-refractivity contribution is 0.102. The van der Waals surface area contributed by atoms with E-state index in [4.69, 9.17) is 0 Å². The monoisotopic (exact) mass is 434 g/mol. The number of nitrogens with zero attached hydrogens (tertiary/aromatic N) is 2. The van der Waals surface area contributed by atoms with Crippen molar-refractivity contribution in [2.24, 2.45) is 0 Å². The number of aryl methyl sites for hydroxylation is 2. The van der Waals surface area contributed by atoms with Gasteiger partial charge in [-0.1, -0.05) is 46.9 Å². The van der Waals surface area contributed by atoms with E-state index in [1.807, 2.05) is 25.3 Å². The average Bonchev–Trinajstić information content (AvgIpc) is 3.11. The van der Waals surface area contributed by atoms with E-state index in [-0.39, 0.29) is 10.5 Å². The Kier molecular flexibility index (Phi) is 6.01. The number of rotatable bonds is 6. The molecule has 0 fully saturated rings. The van der Waals surface area contributed by atoms with Gasteiger partial charge in [-0.25, -0.2) is 8.42 Å². The quantitative estimate of drug-likeness (QED) is 0.450. The Hall–Kier alpha value is -2.43. The van der Waals surface area contributed by atoms with Gasteiger partial charge < -0.3 is 0 Å². The normalized spacial score (nSPS) is 11.2. The van der Waals surface area contributed by atoms with E-state index >= 15 is 0 Å². The van der Waals surface area contributed by atoms with Crippen LogP contribution < -0.4 is 10.0 Å². The molecule has 0 aliphatic carbocycles. The average molecular weight is 435 g/mol. The van der Waals surface area contributed by atoms with Crippen LogP contribution in [-0.2, 0) is 10.0 Å². The summed E-state index contributed by atoms with van der Waals surface area (Å²) in [6, 6.07) is 11.6. The van der Waals surface area contributed by atoms with E-state index in [1.165, 1.54) is 29.2 Å². The lowest BCUT2D eigenvalue weighted by Gasteiger charge is -2.12. The molecule has 1 aromatic heterocycles. The molecule has 0 radical (unpaired) electrons. The largest absolute Gasteiger partial charge is 0.296 e. The molecule has 2 aromatic carbocycles. The van der Waals surface area contributed by atoms with E-state index < -0.39 is 15.9 Å². The molecule has 0 bridgehead atoms. The molecule has 28 heavy (non-hydrogen) atoms. The molecule has 0 unspecified atom stereocenters. The third-order valence-electron chi connectivity index (χ3n) is 3.85. The lowest BCUT2D eigenvalue weighted by Crippen LogP contribution is -2.17. The summed E-state index contributed by atoms with van der Waals surface area (Å²) in [5.74, 6) is -0.449. The van der Waals surface area contributed by atoms with Gasteiger partial charge in [0.05, 0.1) is 4.90 Å². The number of hydrogen-bond acceptors (Lipinski definition) is 7. The highest BCUT2D eigenvalue weighted by molar-refractivity contribution is 8.00. The van der Waals surface area contributed by atoms with Crippen molar-refractivity contribution in [3.05, 3.63) is 59.2 Å². The maximum atomic E-state index is 12.8. The first-order chi connectivity index (χ1) is 13.3. The molecule has 10 heteroatoms. The zero-order valence-corrected chi connectivity index (χ0v) is 17.8. The first-order valence-electron chi connectivity index (χ1n) is 8.17. The number of sulfonamides is 1. The van der Waals surface area contributed by atoms with Gasteiger partial charge >= 0.3 is 0 Å². The minimum Gasteiger partial charge on any atom is -0.296 e. The van der Waals surface area contributed by atoms with E-state index in [0.717, 1.165) is 9.90 Å². The number of nitrogens with one attached hydrogen (secondary N) is 2. The van der Waals surface area contributed by atoms with Crippen molar-refractivity contribution in [3.8, 4) is 0 Å². The highest BCUT2D eigenvalue weighted by atomic mass is 32.2. The van der Waals surface area contributed by atoms with Gasteiger partial charge in [-0.15, -0.1) is 10.2 Å². The predicted octanol–water partition coefficient (Wildman–Crippen LogP) is 3.93. The van der Waals surface area contributed by atoms with Crippen LogP contribution in [0.5, 0.6) is 0 Å². The molecular weight excluding hydrogens is 416 g/mol. The topological polar surface area (TPSA) is 101 Å². The van der Waals surface area contributed by atoms with Crippen molar-refractivity contribution >= 4 is 49.8 Å².